The fourth-order valence-electron chi connectivity index (χ4n) is 2.43. The predicted molar refractivity (Wildman–Crippen MR) is 109 cm³/mol. The first-order valence-corrected chi connectivity index (χ1v) is 9.52. The molecule has 1 aromatic heterocycles. The van der Waals surface area contributed by atoms with Gasteiger partial charge in [-0.3, -0.25) is 9.59 Å². The Hall–Kier alpha value is -3.19. The van der Waals surface area contributed by atoms with E-state index >= 15 is 0 Å². The molecule has 1 N–H and O–H groups in total. The lowest BCUT2D eigenvalue weighted by Gasteiger charge is -2.06. The SMILES string of the molecule is COc1ccc(-c2nc(CC(=O)OCC(=O)Nc3ccc(C)cc3)cs2)cc1. The Kier molecular flexibility index (Phi) is 6.39. The third-order valence-electron chi connectivity index (χ3n) is 3.91. The van der Waals surface area contributed by atoms with Crippen molar-refractivity contribution in [3.63, 3.8) is 0 Å². The van der Waals surface area contributed by atoms with Crippen LogP contribution in [0.25, 0.3) is 10.6 Å². The van der Waals surface area contributed by atoms with E-state index in [0.717, 1.165) is 21.9 Å². The molecule has 0 fully saturated rings. The summed E-state index contributed by atoms with van der Waals surface area (Å²) in [5.74, 6) is -0.104. The quantitative estimate of drug-likeness (QED) is 0.614. The number of aryl methyl sites for hydroxylation is 1. The molecule has 0 saturated carbocycles. The summed E-state index contributed by atoms with van der Waals surface area (Å²) < 4.78 is 10.2. The van der Waals surface area contributed by atoms with Gasteiger partial charge in [-0.05, 0) is 43.3 Å². The molecule has 144 valence electrons. The molecule has 0 unspecified atom stereocenters. The standard InChI is InChI=1S/C21H20N2O4S/c1-14-3-7-16(8-4-14)22-19(24)12-27-20(25)11-17-13-28-21(23-17)15-5-9-18(26-2)10-6-15/h3-10,13H,11-12H2,1-2H3,(H,22,24). The number of ether oxygens (including phenoxy) is 2. The van der Waals surface area contributed by atoms with E-state index in [2.05, 4.69) is 10.3 Å². The molecule has 0 atom stereocenters. The summed E-state index contributed by atoms with van der Waals surface area (Å²) in [4.78, 5) is 28.3. The minimum atomic E-state index is -0.495. The topological polar surface area (TPSA) is 77.5 Å². The molecular weight excluding hydrogens is 376 g/mol. The number of carbonyl (C=O) groups excluding carboxylic acids is 2. The predicted octanol–water partition coefficient (Wildman–Crippen LogP) is 3.85. The number of carbonyl (C=O) groups is 2. The first kappa shape index (κ1) is 19.6. The Morgan fingerprint density at radius 2 is 1.79 bits per heavy atom. The second kappa shape index (κ2) is 9.14. The molecule has 2 aromatic carbocycles. The fourth-order valence-corrected chi connectivity index (χ4v) is 3.26. The van der Waals surface area contributed by atoms with Crippen LogP contribution < -0.4 is 10.1 Å². The van der Waals surface area contributed by atoms with Gasteiger partial charge in [-0.1, -0.05) is 17.7 Å². The highest BCUT2D eigenvalue weighted by Gasteiger charge is 2.12. The van der Waals surface area contributed by atoms with Crippen LogP contribution in [0.15, 0.2) is 53.9 Å². The summed E-state index contributed by atoms with van der Waals surface area (Å²) in [7, 11) is 1.61. The summed E-state index contributed by atoms with van der Waals surface area (Å²) in [6.07, 6.45) is 0.0183. The molecule has 0 aliphatic heterocycles. The van der Waals surface area contributed by atoms with Crippen LogP contribution >= 0.6 is 11.3 Å². The summed E-state index contributed by atoms with van der Waals surface area (Å²) in [6, 6.07) is 14.9. The lowest BCUT2D eigenvalue weighted by Crippen LogP contribution is -2.21. The van der Waals surface area contributed by atoms with Crippen molar-refractivity contribution < 1.29 is 19.1 Å². The fraction of sp³-hybridized carbons (Fsp3) is 0.190. The molecule has 0 radical (unpaired) electrons. The summed E-state index contributed by atoms with van der Waals surface area (Å²) in [5.41, 5.74) is 3.32. The molecular formula is C21H20N2O4S. The van der Waals surface area contributed by atoms with Crippen LogP contribution in [0.5, 0.6) is 5.75 Å². The van der Waals surface area contributed by atoms with Gasteiger partial charge in [0.15, 0.2) is 6.61 Å². The largest absolute Gasteiger partial charge is 0.497 e. The first-order valence-electron chi connectivity index (χ1n) is 8.64. The number of benzene rings is 2. The molecule has 1 amide bonds. The minimum absolute atomic E-state index is 0.0183. The van der Waals surface area contributed by atoms with Crippen LogP contribution in [0.2, 0.25) is 0 Å². The van der Waals surface area contributed by atoms with Crippen molar-refractivity contribution in [3.05, 3.63) is 65.2 Å². The molecule has 1 heterocycles. The van der Waals surface area contributed by atoms with Gasteiger partial charge in [-0.15, -0.1) is 11.3 Å². The van der Waals surface area contributed by atoms with Crippen LogP contribution in [-0.4, -0.2) is 30.6 Å². The maximum Gasteiger partial charge on any atom is 0.312 e. The first-order chi connectivity index (χ1) is 13.5. The summed E-state index contributed by atoms with van der Waals surface area (Å²) >= 11 is 1.45. The van der Waals surface area contributed by atoms with Crippen molar-refractivity contribution in [2.24, 2.45) is 0 Å². The van der Waals surface area contributed by atoms with E-state index in [-0.39, 0.29) is 18.9 Å². The van der Waals surface area contributed by atoms with Gasteiger partial charge in [-0.25, -0.2) is 4.98 Å². The number of thiazole rings is 1. The van der Waals surface area contributed by atoms with E-state index in [1.807, 2.05) is 48.7 Å². The summed E-state index contributed by atoms with van der Waals surface area (Å²) in [5, 5.41) is 5.30. The van der Waals surface area contributed by atoms with Crippen molar-refractivity contribution >= 4 is 28.9 Å². The number of nitrogens with one attached hydrogen (secondary N) is 1. The van der Waals surface area contributed by atoms with Crippen molar-refractivity contribution in [1.29, 1.82) is 0 Å². The van der Waals surface area contributed by atoms with Crippen molar-refractivity contribution in [3.8, 4) is 16.3 Å². The molecule has 0 aliphatic rings. The average Bonchev–Trinajstić information content (AvgIpc) is 3.16. The van der Waals surface area contributed by atoms with E-state index in [0.29, 0.717) is 11.4 Å². The number of anilines is 1. The molecule has 3 aromatic rings. The van der Waals surface area contributed by atoms with Crippen LogP contribution in [-0.2, 0) is 20.7 Å². The van der Waals surface area contributed by atoms with Gasteiger partial charge in [-0.2, -0.15) is 0 Å². The monoisotopic (exact) mass is 396 g/mol. The molecule has 0 spiro atoms. The zero-order valence-electron chi connectivity index (χ0n) is 15.6. The highest BCUT2D eigenvalue weighted by Crippen LogP contribution is 2.25. The maximum absolute atomic E-state index is 12.0. The highest BCUT2D eigenvalue weighted by molar-refractivity contribution is 7.13. The number of aromatic nitrogens is 1. The number of hydrogen-bond acceptors (Lipinski definition) is 6. The number of esters is 1. The van der Waals surface area contributed by atoms with Gasteiger partial charge in [0, 0.05) is 16.6 Å². The van der Waals surface area contributed by atoms with E-state index in [9.17, 15) is 9.59 Å². The van der Waals surface area contributed by atoms with E-state index in [4.69, 9.17) is 9.47 Å². The normalized spacial score (nSPS) is 10.4. The average molecular weight is 396 g/mol. The van der Waals surface area contributed by atoms with Gasteiger partial charge in [0.2, 0.25) is 0 Å². The Balaban J connectivity index is 1.48. The Morgan fingerprint density at radius 3 is 2.46 bits per heavy atom. The molecule has 28 heavy (non-hydrogen) atoms. The van der Waals surface area contributed by atoms with Gasteiger partial charge in [0.05, 0.1) is 19.2 Å². The van der Waals surface area contributed by atoms with Crippen LogP contribution in [0.1, 0.15) is 11.3 Å². The number of methoxy groups -OCH3 is 1. The van der Waals surface area contributed by atoms with Crippen molar-refractivity contribution in [1.82, 2.24) is 4.98 Å². The molecule has 0 bridgehead atoms. The zero-order valence-corrected chi connectivity index (χ0v) is 16.4. The molecule has 0 saturated heterocycles. The lowest BCUT2D eigenvalue weighted by atomic mass is 10.2. The van der Waals surface area contributed by atoms with Gasteiger partial charge in [0.1, 0.15) is 10.8 Å². The lowest BCUT2D eigenvalue weighted by molar-refractivity contribution is -0.146. The molecule has 0 aliphatic carbocycles. The van der Waals surface area contributed by atoms with E-state index in [1.54, 1.807) is 19.2 Å². The zero-order chi connectivity index (χ0) is 19.9. The minimum Gasteiger partial charge on any atom is -0.497 e. The van der Waals surface area contributed by atoms with Crippen LogP contribution in [0.3, 0.4) is 0 Å². The van der Waals surface area contributed by atoms with E-state index < -0.39 is 5.97 Å². The number of nitrogens with zero attached hydrogens (tertiary/aromatic N) is 1. The number of rotatable bonds is 7. The Morgan fingerprint density at radius 1 is 1.07 bits per heavy atom. The smallest absolute Gasteiger partial charge is 0.312 e. The third kappa shape index (κ3) is 5.40. The second-order valence-electron chi connectivity index (χ2n) is 6.12. The third-order valence-corrected chi connectivity index (χ3v) is 4.85. The Bertz CT molecular complexity index is 949. The summed E-state index contributed by atoms with van der Waals surface area (Å²) in [6.45, 7) is 1.63. The van der Waals surface area contributed by atoms with Crippen molar-refractivity contribution in [2.45, 2.75) is 13.3 Å². The number of hydrogen-bond donors (Lipinski definition) is 1. The van der Waals surface area contributed by atoms with Crippen molar-refractivity contribution in [2.75, 3.05) is 19.0 Å². The van der Waals surface area contributed by atoms with E-state index in [1.165, 1.54) is 11.3 Å². The van der Waals surface area contributed by atoms with Crippen LogP contribution in [0.4, 0.5) is 5.69 Å². The van der Waals surface area contributed by atoms with Crippen LogP contribution in [0, 0.1) is 6.92 Å². The maximum atomic E-state index is 12.0. The van der Waals surface area contributed by atoms with Gasteiger partial charge >= 0.3 is 5.97 Å². The van der Waals surface area contributed by atoms with Gasteiger partial charge < -0.3 is 14.8 Å². The highest BCUT2D eigenvalue weighted by atomic mass is 32.1. The molecule has 3 rings (SSSR count). The Labute approximate surface area is 167 Å². The molecule has 6 nitrogen and oxygen atoms in total. The number of amides is 1. The van der Waals surface area contributed by atoms with Gasteiger partial charge in [0.25, 0.3) is 5.91 Å². The second-order valence-corrected chi connectivity index (χ2v) is 6.98. The molecule has 7 heteroatoms.